The van der Waals surface area contributed by atoms with Crippen LogP contribution in [0.25, 0.3) is 11.0 Å². The molecule has 2 aromatic rings. The van der Waals surface area contributed by atoms with Crippen LogP contribution in [0, 0.1) is 6.92 Å². The maximum atomic E-state index is 12.8. The van der Waals surface area contributed by atoms with E-state index in [1.807, 2.05) is 24.9 Å². The van der Waals surface area contributed by atoms with Gasteiger partial charge in [-0.25, -0.2) is 4.98 Å². The van der Waals surface area contributed by atoms with Gasteiger partial charge in [-0.1, -0.05) is 0 Å². The number of nitrogens with zero attached hydrogens (tertiary/aromatic N) is 4. The Bertz CT molecular complexity index is 747. The predicted molar refractivity (Wildman–Crippen MR) is 98.2 cm³/mol. The van der Waals surface area contributed by atoms with Gasteiger partial charge in [-0.3, -0.25) is 9.48 Å². The Morgan fingerprint density at radius 3 is 2.79 bits per heavy atom. The molecule has 24 heavy (non-hydrogen) atoms. The van der Waals surface area contributed by atoms with Crippen molar-refractivity contribution in [1.82, 2.24) is 25.0 Å². The van der Waals surface area contributed by atoms with E-state index in [0.717, 1.165) is 36.2 Å². The molecule has 2 aromatic heterocycles. The summed E-state index contributed by atoms with van der Waals surface area (Å²) in [5.74, 6) is 0.0898. The van der Waals surface area contributed by atoms with Crippen molar-refractivity contribution in [2.24, 2.45) is 7.05 Å². The third-order valence-corrected chi connectivity index (χ3v) is 4.92. The topological polar surface area (TPSA) is 63.1 Å². The van der Waals surface area contributed by atoms with E-state index in [1.54, 1.807) is 10.9 Å². The molecule has 1 N–H and O–H groups in total. The van der Waals surface area contributed by atoms with E-state index in [9.17, 15) is 4.79 Å². The summed E-state index contributed by atoms with van der Waals surface area (Å²) in [6.07, 6.45) is 5.15. The van der Waals surface area contributed by atoms with Gasteiger partial charge < -0.3 is 10.2 Å². The lowest BCUT2D eigenvalue weighted by Gasteiger charge is -2.24. The fourth-order valence-electron chi connectivity index (χ4n) is 3.73. The number of hydrogen-bond acceptors (Lipinski definition) is 4. The predicted octanol–water partition coefficient (Wildman–Crippen LogP) is 2.09. The zero-order valence-corrected chi connectivity index (χ0v) is 15.5. The number of nitrogens with one attached hydrogen (secondary N) is 1. The Labute approximate surface area is 153 Å². The van der Waals surface area contributed by atoms with Gasteiger partial charge in [0.15, 0.2) is 5.65 Å². The summed E-state index contributed by atoms with van der Waals surface area (Å²) in [7, 11) is 1.88. The molecule has 2 aliphatic rings. The van der Waals surface area contributed by atoms with Crippen molar-refractivity contribution in [1.29, 1.82) is 0 Å². The molecular weight excluding hydrogens is 349 g/mol. The average Bonchev–Trinajstić information content (AvgIpc) is 2.98. The summed E-state index contributed by atoms with van der Waals surface area (Å²) in [5.41, 5.74) is 2.41. The molecular formula is C16H23Cl2N5O. The molecule has 132 valence electrons. The summed E-state index contributed by atoms with van der Waals surface area (Å²) in [6.45, 7) is 3.59. The molecule has 4 heterocycles. The fraction of sp³-hybridized carbons (Fsp3) is 0.562. The van der Waals surface area contributed by atoms with E-state index in [-0.39, 0.29) is 30.7 Å². The minimum atomic E-state index is 0. The van der Waals surface area contributed by atoms with Crippen molar-refractivity contribution in [3.8, 4) is 0 Å². The molecule has 8 heteroatoms. The Morgan fingerprint density at radius 1 is 1.25 bits per heavy atom. The molecule has 0 aliphatic carbocycles. The van der Waals surface area contributed by atoms with Gasteiger partial charge in [-0.2, -0.15) is 5.10 Å². The molecule has 2 saturated heterocycles. The van der Waals surface area contributed by atoms with Gasteiger partial charge in [0.2, 0.25) is 0 Å². The lowest BCUT2D eigenvalue weighted by Crippen LogP contribution is -2.39. The van der Waals surface area contributed by atoms with E-state index < -0.39 is 0 Å². The number of likely N-dealkylation sites (tertiary alicyclic amines) is 1. The smallest absolute Gasteiger partial charge is 0.255 e. The highest BCUT2D eigenvalue weighted by Crippen LogP contribution is 2.23. The first-order valence-corrected chi connectivity index (χ1v) is 7.96. The number of pyridine rings is 1. The molecule has 2 aliphatic heterocycles. The minimum Gasteiger partial charge on any atom is -0.337 e. The largest absolute Gasteiger partial charge is 0.337 e. The number of halogens is 2. The second-order valence-corrected chi connectivity index (χ2v) is 6.48. The maximum Gasteiger partial charge on any atom is 0.255 e. The van der Waals surface area contributed by atoms with E-state index in [1.165, 1.54) is 12.8 Å². The number of carbonyl (C=O) groups is 1. The van der Waals surface area contributed by atoms with Crippen LogP contribution in [-0.2, 0) is 7.05 Å². The SMILES string of the molecule is Cc1nn(C)c2ncc(C(=O)N3CCC4CCC(C3)N4)cc12.Cl.Cl. The van der Waals surface area contributed by atoms with Crippen LogP contribution in [-0.4, -0.2) is 50.7 Å². The van der Waals surface area contributed by atoms with Crippen LogP contribution in [0.15, 0.2) is 12.3 Å². The lowest BCUT2D eigenvalue weighted by atomic mass is 10.1. The summed E-state index contributed by atoms with van der Waals surface area (Å²) in [5, 5.41) is 8.94. The second kappa shape index (κ2) is 7.25. The minimum absolute atomic E-state index is 0. The molecule has 2 atom stereocenters. The summed E-state index contributed by atoms with van der Waals surface area (Å²) < 4.78 is 1.76. The number of aryl methyl sites for hydroxylation is 2. The molecule has 1 amide bonds. The fourth-order valence-corrected chi connectivity index (χ4v) is 3.73. The van der Waals surface area contributed by atoms with E-state index in [2.05, 4.69) is 15.4 Å². The first-order valence-electron chi connectivity index (χ1n) is 7.96. The normalized spacial score (nSPS) is 22.7. The van der Waals surface area contributed by atoms with Crippen LogP contribution in [0.3, 0.4) is 0 Å². The molecule has 4 rings (SSSR count). The Kier molecular flexibility index (Phi) is 5.73. The highest BCUT2D eigenvalue weighted by Gasteiger charge is 2.31. The van der Waals surface area contributed by atoms with Crippen LogP contribution < -0.4 is 5.32 Å². The molecule has 0 saturated carbocycles. The molecule has 2 fully saturated rings. The highest BCUT2D eigenvalue weighted by molar-refractivity contribution is 5.97. The van der Waals surface area contributed by atoms with Crippen molar-refractivity contribution < 1.29 is 4.79 Å². The van der Waals surface area contributed by atoms with Gasteiger partial charge in [-0.15, -0.1) is 24.8 Å². The van der Waals surface area contributed by atoms with E-state index in [4.69, 9.17) is 0 Å². The molecule has 2 bridgehead atoms. The number of rotatable bonds is 1. The van der Waals surface area contributed by atoms with Gasteiger partial charge >= 0.3 is 0 Å². The van der Waals surface area contributed by atoms with Crippen LogP contribution in [0.4, 0.5) is 0 Å². The quantitative estimate of drug-likeness (QED) is 0.833. The standard InChI is InChI=1S/C16H21N5O.2ClH/c1-10-14-7-11(8-17-15(14)20(2)19-10)16(22)21-6-5-12-3-4-13(9-21)18-12;;/h7-8,12-13,18H,3-6,9H2,1-2H3;2*1H. The number of carbonyl (C=O) groups excluding carboxylic acids is 1. The first-order chi connectivity index (χ1) is 10.6. The lowest BCUT2D eigenvalue weighted by molar-refractivity contribution is 0.0748. The van der Waals surface area contributed by atoms with Gasteiger partial charge in [-0.05, 0) is 32.3 Å². The van der Waals surface area contributed by atoms with Crippen molar-refractivity contribution in [3.05, 3.63) is 23.5 Å². The van der Waals surface area contributed by atoms with Crippen LogP contribution in [0.2, 0.25) is 0 Å². The van der Waals surface area contributed by atoms with Crippen molar-refractivity contribution in [2.75, 3.05) is 13.1 Å². The Morgan fingerprint density at radius 2 is 2.00 bits per heavy atom. The van der Waals surface area contributed by atoms with Crippen molar-refractivity contribution >= 4 is 41.8 Å². The van der Waals surface area contributed by atoms with Crippen molar-refractivity contribution in [2.45, 2.75) is 38.3 Å². The van der Waals surface area contributed by atoms with Gasteiger partial charge in [0, 0.05) is 43.8 Å². The number of amides is 1. The summed E-state index contributed by atoms with van der Waals surface area (Å²) in [6, 6.07) is 2.97. The van der Waals surface area contributed by atoms with Crippen LogP contribution in [0.1, 0.15) is 35.3 Å². The number of fused-ring (bicyclic) bond motifs is 3. The van der Waals surface area contributed by atoms with Crippen LogP contribution in [0.5, 0.6) is 0 Å². The first kappa shape index (κ1) is 19.0. The number of aromatic nitrogens is 3. The molecule has 0 aromatic carbocycles. The van der Waals surface area contributed by atoms with Gasteiger partial charge in [0.05, 0.1) is 11.3 Å². The second-order valence-electron chi connectivity index (χ2n) is 6.48. The Hall–Kier alpha value is -1.37. The monoisotopic (exact) mass is 371 g/mol. The Balaban J connectivity index is 0.00000104. The third-order valence-electron chi connectivity index (χ3n) is 4.92. The van der Waals surface area contributed by atoms with Crippen LogP contribution >= 0.6 is 24.8 Å². The molecule has 6 nitrogen and oxygen atoms in total. The maximum absolute atomic E-state index is 12.8. The number of hydrogen-bond donors (Lipinski definition) is 1. The third kappa shape index (κ3) is 3.23. The van der Waals surface area contributed by atoms with Gasteiger partial charge in [0.1, 0.15) is 0 Å². The highest BCUT2D eigenvalue weighted by atomic mass is 35.5. The van der Waals surface area contributed by atoms with Crippen molar-refractivity contribution in [3.63, 3.8) is 0 Å². The molecule has 0 radical (unpaired) electrons. The summed E-state index contributed by atoms with van der Waals surface area (Å²) >= 11 is 0. The molecule has 2 unspecified atom stereocenters. The van der Waals surface area contributed by atoms with Gasteiger partial charge in [0.25, 0.3) is 5.91 Å². The average molecular weight is 372 g/mol. The summed E-state index contributed by atoms with van der Waals surface area (Å²) in [4.78, 5) is 19.2. The molecule has 0 spiro atoms. The zero-order chi connectivity index (χ0) is 15.3. The zero-order valence-electron chi connectivity index (χ0n) is 13.9. The van der Waals surface area contributed by atoms with E-state index >= 15 is 0 Å². The van der Waals surface area contributed by atoms with E-state index in [0.29, 0.717) is 17.6 Å².